The predicted molar refractivity (Wildman–Crippen MR) is 122 cm³/mol. The quantitative estimate of drug-likeness (QED) is 0.292. The van der Waals surface area contributed by atoms with Crippen molar-refractivity contribution in [2.75, 3.05) is 33.8 Å². The number of aliphatic imine (C=N–C) groups is 1. The zero-order chi connectivity index (χ0) is 20.6. The lowest BCUT2D eigenvalue weighted by Crippen LogP contribution is -2.49. The van der Waals surface area contributed by atoms with Crippen molar-refractivity contribution in [2.24, 2.45) is 10.4 Å². The van der Waals surface area contributed by atoms with Crippen LogP contribution in [0.25, 0.3) is 0 Å². The molecule has 29 heavy (non-hydrogen) atoms. The van der Waals surface area contributed by atoms with Gasteiger partial charge in [-0.2, -0.15) is 4.98 Å². The monoisotopic (exact) mass is 522 g/mol. The molecule has 1 amide bonds. The fourth-order valence-electron chi connectivity index (χ4n) is 3.56. The average Bonchev–Trinajstić information content (AvgIpc) is 3.34. The first-order valence-electron chi connectivity index (χ1n) is 10.1. The molecule has 1 aromatic rings. The van der Waals surface area contributed by atoms with Gasteiger partial charge in [0.15, 0.2) is 11.8 Å². The summed E-state index contributed by atoms with van der Waals surface area (Å²) in [4.78, 5) is 23.3. The molecule has 166 valence electrons. The minimum Gasteiger partial charge on any atom is -0.371 e. The van der Waals surface area contributed by atoms with Crippen molar-refractivity contribution in [2.45, 2.75) is 59.1 Å². The number of carbonyl (C=O) groups excluding carboxylic acids is 1. The maximum atomic E-state index is 12.7. The summed E-state index contributed by atoms with van der Waals surface area (Å²) in [5, 5.41) is 10.5. The van der Waals surface area contributed by atoms with Gasteiger partial charge < -0.3 is 24.8 Å². The van der Waals surface area contributed by atoms with Crippen LogP contribution in [0.5, 0.6) is 0 Å². The number of nitrogens with one attached hydrogen (secondary N) is 2. The fourth-order valence-corrected chi connectivity index (χ4v) is 3.56. The number of hydrogen-bond acceptors (Lipinski definition) is 6. The molecule has 0 bridgehead atoms. The Morgan fingerprint density at radius 1 is 1.31 bits per heavy atom. The van der Waals surface area contributed by atoms with Gasteiger partial charge in [-0.1, -0.05) is 18.0 Å². The van der Waals surface area contributed by atoms with Gasteiger partial charge in [0.25, 0.3) is 0 Å². The first-order chi connectivity index (χ1) is 13.4. The highest BCUT2D eigenvalue weighted by Crippen LogP contribution is 2.38. The summed E-state index contributed by atoms with van der Waals surface area (Å²) >= 11 is 0. The number of hydrogen-bond donors (Lipinski definition) is 2. The Hall–Kier alpha value is -1.43. The third kappa shape index (κ3) is 7.09. The highest BCUT2D eigenvalue weighted by atomic mass is 127. The van der Waals surface area contributed by atoms with E-state index in [4.69, 9.17) is 9.26 Å². The second-order valence-electron chi connectivity index (χ2n) is 7.38. The molecule has 9 nitrogen and oxygen atoms in total. The van der Waals surface area contributed by atoms with E-state index in [0.29, 0.717) is 30.8 Å². The molecular formula is C19H35IN6O3. The lowest BCUT2D eigenvalue weighted by molar-refractivity contribution is -0.138. The fraction of sp³-hybridized carbons (Fsp3) is 0.789. The van der Waals surface area contributed by atoms with Gasteiger partial charge in [-0.15, -0.1) is 24.0 Å². The molecule has 10 heteroatoms. The Bertz CT molecular complexity index is 658. The van der Waals surface area contributed by atoms with Gasteiger partial charge in [-0.25, -0.2) is 4.99 Å². The molecule has 1 unspecified atom stereocenters. The van der Waals surface area contributed by atoms with E-state index >= 15 is 0 Å². The summed E-state index contributed by atoms with van der Waals surface area (Å²) in [6.07, 6.45) is 3.75. The zero-order valence-corrected chi connectivity index (χ0v) is 20.5. The molecule has 1 aliphatic rings. The van der Waals surface area contributed by atoms with E-state index in [0.717, 1.165) is 32.2 Å². The number of aromatic nitrogens is 2. The number of halogens is 1. The first kappa shape index (κ1) is 25.6. The predicted octanol–water partition coefficient (Wildman–Crippen LogP) is 2.49. The molecule has 1 heterocycles. The Morgan fingerprint density at radius 2 is 2.00 bits per heavy atom. The van der Waals surface area contributed by atoms with Crippen LogP contribution in [-0.2, 0) is 16.1 Å². The van der Waals surface area contributed by atoms with Gasteiger partial charge in [0.05, 0.1) is 5.41 Å². The maximum absolute atomic E-state index is 12.7. The average molecular weight is 522 g/mol. The number of nitrogens with zero attached hydrogens (tertiary/aromatic N) is 4. The zero-order valence-electron chi connectivity index (χ0n) is 18.2. The van der Waals surface area contributed by atoms with Crippen molar-refractivity contribution in [1.82, 2.24) is 25.7 Å². The summed E-state index contributed by atoms with van der Waals surface area (Å²) < 4.78 is 10.7. The van der Waals surface area contributed by atoms with Crippen molar-refractivity contribution in [1.29, 1.82) is 0 Å². The van der Waals surface area contributed by atoms with Crippen LogP contribution < -0.4 is 10.6 Å². The largest absolute Gasteiger partial charge is 0.371 e. The molecule has 0 radical (unpaired) electrons. The second kappa shape index (κ2) is 12.3. The van der Waals surface area contributed by atoms with Crippen molar-refractivity contribution in [3.05, 3.63) is 11.7 Å². The van der Waals surface area contributed by atoms with E-state index in [1.54, 1.807) is 4.90 Å². The molecule has 1 fully saturated rings. The molecule has 0 saturated heterocycles. The summed E-state index contributed by atoms with van der Waals surface area (Å²) in [5.74, 6) is 1.77. The first-order valence-corrected chi connectivity index (χ1v) is 10.1. The van der Waals surface area contributed by atoms with E-state index in [-0.39, 0.29) is 47.9 Å². The molecule has 0 aromatic carbocycles. The van der Waals surface area contributed by atoms with Crippen LogP contribution in [0.1, 0.15) is 64.3 Å². The number of amides is 1. The molecule has 2 rings (SSSR count). The van der Waals surface area contributed by atoms with Crippen LogP contribution in [0.15, 0.2) is 9.52 Å². The summed E-state index contributed by atoms with van der Waals surface area (Å²) in [6.45, 7) is 7.94. The SMILES string of the molecule is CCNC(=NCc1nc(C(C)OCC)no1)NCC1(C(=O)N(C)C)CCCC1.I. The van der Waals surface area contributed by atoms with Gasteiger partial charge in [-0.3, -0.25) is 4.79 Å². The van der Waals surface area contributed by atoms with Crippen LogP contribution in [0, 0.1) is 5.41 Å². The summed E-state index contributed by atoms with van der Waals surface area (Å²) in [6, 6.07) is 0. The van der Waals surface area contributed by atoms with Gasteiger partial charge >= 0.3 is 0 Å². The standard InChI is InChI=1S/C19H34N6O3.HI/c1-6-20-18(21-12-15-23-16(24-28-15)14(3)27-7-2)22-13-19(10-8-9-11-19)17(26)25(4)5;/h14H,6-13H2,1-5H3,(H2,20,21,22);1H. The van der Waals surface area contributed by atoms with E-state index in [1.165, 1.54) is 0 Å². The maximum Gasteiger partial charge on any atom is 0.248 e. The molecule has 1 aliphatic carbocycles. The van der Waals surface area contributed by atoms with Crippen LogP contribution >= 0.6 is 24.0 Å². The van der Waals surface area contributed by atoms with Gasteiger partial charge in [0.2, 0.25) is 11.8 Å². The minimum absolute atomic E-state index is 0. The van der Waals surface area contributed by atoms with Crippen LogP contribution in [0.3, 0.4) is 0 Å². The lowest BCUT2D eigenvalue weighted by Gasteiger charge is -2.31. The molecule has 1 saturated carbocycles. The molecule has 1 atom stereocenters. The Labute approximate surface area is 190 Å². The van der Waals surface area contributed by atoms with Crippen molar-refractivity contribution in [3.8, 4) is 0 Å². The Kier molecular flexibility index (Phi) is 10.9. The topological polar surface area (TPSA) is 105 Å². The number of carbonyl (C=O) groups is 1. The highest BCUT2D eigenvalue weighted by molar-refractivity contribution is 14.0. The normalized spacial score (nSPS) is 16.8. The van der Waals surface area contributed by atoms with Crippen LogP contribution in [0.2, 0.25) is 0 Å². The third-order valence-corrected chi connectivity index (χ3v) is 5.00. The molecule has 0 spiro atoms. The smallest absolute Gasteiger partial charge is 0.248 e. The van der Waals surface area contributed by atoms with Crippen LogP contribution in [-0.4, -0.2) is 60.7 Å². The molecule has 0 aliphatic heterocycles. The van der Waals surface area contributed by atoms with Gasteiger partial charge in [0, 0.05) is 33.8 Å². The van der Waals surface area contributed by atoms with Crippen molar-refractivity contribution < 1.29 is 14.1 Å². The van der Waals surface area contributed by atoms with Gasteiger partial charge in [-0.05, 0) is 33.6 Å². The number of ether oxygens (including phenoxy) is 1. The molecular weight excluding hydrogens is 487 g/mol. The highest BCUT2D eigenvalue weighted by Gasteiger charge is 2.42. The Balaban J connectivity index is 0.00000420. The number of guanidine groups is 1. The van der Waals surface area contributed by atoms with E-state index in [9.17, 15) is 4.79 Å². The van der Waals surface area contributed by atoms with E-state index in [2.05, 4.69) is 25.8 Å². The lowest BCUT2D eigenvalue weighted by atomic mass is 9.84. The van der Waals surface area contributed by atoms with E-state index in [1.807, 2.05) is 34.9 Å². The second-order valence-corrected chi connectivity index (χ2v) is 7.38. The van der Waals surface area contributed by atoms with Crippen LogP contribution in [0.4, 0.5) is 0 Å². The summed E-state index contributed by atoms with van der Waals surface area (Å²) in [7, 11) is 3.64. The number of rotatable bonds is 9. The Morgan fingerprint density at radius 3 is 2.59 bits per heavy atom. The van der Waals surface area contributed by atoms with Crippen molar-refractivity contribution >= 4 is 35.8 Å². The molecule has 1 aromatic heterocycles. The third-order valence-electron chi connectivity index (χ3n) is 5.00. The van der Waals surface area contributed by atoms with Gasteiger partial charge in [0.1, 0.15) is 12.6 Å². The minimum atomic E-state index is -0.357. The van der Waals surface area contributed by atoms with Crippen molar-refractivity contribution in [3.63, 3.8) is 0 Å². The summed E-state index contributed by atoms with van der Waals surface area (Å²) in [5.41, 5.74) is -0.357. The molecule has 2 N–H and O–H groups in total. The van der Waals surface area contributed by atoms with E-state index < -0.39 is 0 Å².